The molecule has 1 amide bonds. The van der Waals surface area contributed by atoms with Crippen LogP contribution in [0.4, 0.5) is 0 Å². The minimum Gasteiger partial charge on any atom is -0.378 e. The predicted octanol–water partition coefficient (Wildman–Crippen LogP) is 7.06. The van der Waals surface area contributed by atoms with Crippen LogP contribution in [-0.2, 0) is 30.4 Å². The summed E-state index contributed by atoms with van der Waals surface area (Å²) in [6.07, 6.45) is 15.0. The summed E-state index contributed by atoms with van der Waals surface area (Å²) in [6, 6.07) is 15.7. The summed E-state index contributed by atoms with van der Waals surface area (Å²) in [7, 11) is 0. The van der Waals surface area contributed by atoms with Gasteiger partial charge in [0.15, 0.2) is 0 Å². The van der Waals surface area contributed by atoms with Crippen molar-refractivity contribution in [2.45, 2.75) is 122 Å². The van der Waals surface area contributed by atoms with Gasteiger partial charge >= 0.3 is 0 Å². The van der Waals surface area contributed by atoms with Gasteiger partial charge in [-0.2, -0.15) is 13.5 Å². The van der Waals surface area contributed by atoms with Crippen LogP contribution in [0.3, 0.4) is 0 Å². The lowest BCUT2D eigenvalue weighted by molar-refractivity contribution is 0.0933. The molecule has 212 valence electrons. The highest BCUT2D eigenvalue weighted by Gasteiger charge is 2.21. The van der Waals surface area contributed by atoms with Crippen LogP contribution in [0.2, 0.25) is 0 Å². The van der Waals surface area contributed by atoms with Crippen molar-refractivity contribution in [2.75, 3.05) is 6.61 Å². The van der Waals surface area contributed by atoms with Gasteiger partial charge < -0.3 is 15.8 Å². The molecule has 4 nitrogen and oxygen atoms in total. The van der Waals surface area contributed by atoms with E-state index in [9.17, 15) is 4.79 Å². The maximum Gasteiger partial charge on any atom is 0.251 e. The van der Waals surface area contributed by atoms with E-state index in [4.69, 9.17) is 10.5 Å². The molecule has 3 unspecified atom stereocenters. The lowest BCUT2D eigenvalue weighted by Gasteiger charge is -2.26. The van der Waals surface area contributed by atoms with E-state index in [1.165, 1.54) is 54.4 Å². The van der Waals surface area contributed by atoms with Crippen LogP contribution < -0.4 is 11.1 Å². The Morgan fingerprint density at radius 3 is 2.47 bits per heavy atom. The van der Waals surface area contributed by atoms with Gasteiger partial charge in [0, 0.05) is 24.3 Å². The number of ether oxygens (including phenoxy) is 1. The number of nitrogens with two attached hydrogens (primary N) is 1. The molecule has 3 N–H and O–H groups in total. The highest BCUT2D eigenvalue weighted by molar-refractivity contribution is 7.59. The number of benzene rings is 2. The molecule has 0 bridgehead atoms. The molecule has 2 aromatic rings. The zero-order valence-corrected chi connectivity index (χ0v) is 25.1. The van der Waals surface area contributed by atoms with Gasteiger partial charge in [0.05, 0.1) is 6.10 Å². The fraction of sp³-hybridized carbons (Fsp3) is 0.606. The van der Waals surface area contributed by atoms with E-state index in [1.54, 1.807) is 0 Å². The second-order valence-electron chi connectivity index (χ2n) is 10.7. The van der Waals surface area contributed by atoms with E-state index in [0.717, 1.165) is 63.5 Å². The molecule has 38 heavy (non-hydrogen) atoms. The molecular weight excluding hydrogens is 488 g/mol. The molecule has 5 heteroatoms. The maximum absolute atomic E-state index is 12.9. The highest BCUT2D eigenvalue weighted by Crippen LogP contribution is 2.24. The van der Waals surface area contributed by atoms with Gasteiger partial charge in [0.2, 0.25) is 0 Å². The summed E-state index contributed by atoms with van der Waals surface area (Å²) >= 11 is 0. The van der Waals surface area contributed by atoms with Crippen molar-refractivity contribution >= 4 is 19.4 Å². The Kier molecular flexibility index (Phi) is 15.1. The molecule has 2 aromatic carbocycles. The number of hydrogen-bond donors (Lipinski definition) is 2. The van der Waals surface area contributed by atoms with E-state index in [1.807, 2.05) is 26.0 Å². The molecule has 1 aliphatic heterocycles. The second-order valence-corrected chi connectivity index (χ2v) is 10.7. The van der Waals surface area contributed by atoms with E-state index in [-0.39, 0.29) is 25.4 Å². The average molecular weight is 541 g/mol. The van der Waals surface area contributed by atoms with Crippen LogP contribution in [-0.4, -0.2) is 30.7 Å². The summed E-state index contributed by atoms with van der Waals surface area (Å²) in [5.41, 5.74) is 12.4. The number of carbonyl (C=O) groups is 1. The third-order valence-electron chi connectivity index (χ3n) is 7.89. The van der Waals surface area contributed by atoms with E-state index < -0.39 is 0 Å². The van der Waals surface area contributed by atoms with Crippen molar-refractivity contribution in [3.05, 3.63) is 70.3 Å². The third kappa shape index (κ3) is 10.4. The Labute approximate surface area is 239 Å². The molecule has 0 saturated carbocycles. The molecule has 3 atom stereocenters. The predicted molar refractivity (Wildman–Crippen MR) is 166 cm³/mol. The standard InChI is InChI=1S/C31H44N2O2.C2H6.H2S/c1-2-28(32)8-5-3-4-7-24-12-16-27-22-29(18-17-26(27)21-24)33-31(34)25-14-10-23(11-15-25)13-19-30-9-6-20-35-30;1-2;/h10-12,14-16,21,28-30H,2-9,13,17-20,22,32H2,1H3,(H,33,34);1-2H3;1H2. The minimum absolute atomic E-state index is 0. The Balaban J connectivity index is 0.00000165. The highest BCUT2D eigenvalue weighted by atomic mass is 32.1. The van der Waals surface area contributed by atoms with Gasteiger partial charge in [0.25, 0.3) is 5.91 Å². The first-order chi connectivity index (χ1) is 18.1. The van der Waals surface area contributed by atoms with Crippen molar-refractivity contribution in [1.29, 1.82) is 0 Å². The number of carbonyl (C=O) groups excluding carboxylic acids is 1. The van der Waals surface area contributed by atoms with Crippen molar-refractivity contribution in [1.82, 2.24) is 5.32 Å². The van der Waals surface area contributed by atoms with Crippen molar-refractivity contribution < 1.29 is 9.53 Å². The molecule has 0 spiro atoms. The summed E-state index contributed by atoms with van der Waals surface area (Å²) in [4.78, 5) is 12.9. The second kappa shape index (κ2) is 17.7. The largest absolute Gasteiger partial charge is 0.378 e. The van der Waals surface area contributed by atoms with Crippen molar-refractivity contribution in [3.63, 3.8) is 0 Å². The number of fused-ring (bicyclic) bond motifs is 1. The van der Waals surface area contributed by atoms with Crippen LogP contribution in [0.5, 0.6) is 0 Å². The number of hydrogen-bond acceptors (Lipinski definition) is 3. The van der Waals surface area contributed by atoms with Crippen molar-refractivity contribution in [3.8, 4) is 0 Å². The maximum atomic E-state index is 12.9. The van der Waals surface area contributed by atoms with E-state index in [0.29, 0.717) is 12.1 Å². The van der Waals surface area contributed by atoms with Gasteiger partial charge in [-0.15, -0.1) is 0 Å². The summed E-state index contributed by atoms with van der Waals surface area (Å²) in [5.74, 6) is 0.0449. The summed E-state index contributed by atoms with van der Waals surface area (Å²) < 4.78 is 5.72. The molecule has 1 aliphatic carbocycles. The Hall–Kier alpha value is -1.82. The number of rotatable bonds is 12. The van der Waals surface area contributed by atoms with Crippen LogP contribution >= 0.6 is 13.5 Å². The molecule has 1 fully saturated rings. The molecule has 1 saturated heterocycles. The number of unbranched alkanes of at least 4 members (excludes halogenated alkanes) is 2. The molecular formula is C33H52N2O2S. The first-order valence-corrected chi connectivity index (χ1v) is 15.0. The van der Waals surface area contributed by atoms with Crippen molar-refractivity contribution in [2.24, 2.45) is 5.73 Å². The first kappa shape index (κ1) is 32.4. The van der Waals surface area contributed by atoms with Crippen LogP contribution in [0.25, 0.3) is 0 Å². The average Bonchev–Trinajstić information content (AvgIpc) is 3.47. The summed E-state index contributed by atoms with van der Waals surface area (Å²) in [5, 5.41) is 3.28. The molecule has 1 heterocycles. The topological polar surface area (TPSA) is 64.3 Å². The lowest BCUT2D eigenvalue weighted by Crippen LogP contribution is -2.38. The number of amides is 1. The number of aryl methyl sites for hydroxylation is 3. The van der Waals surface area contributed by atoms with E-state index >= 15 is 0 Å². The van der Waals surface area contributed by atoms with E-state index in [2.05, 4.69) is 42.6 Å². The zero-order chi connectivity index (χ0) is 26.5. The molecule has 2 aliphatic rings. The minimum atomic E-state index is 0. The Morgan fingerprint density at radius 1 is 1.00 bits per heavy atom. The lowest BCUT2D eigenvalue weighted by atomic mass is 9.86. The molecule has 0 radical (unpaired) electrons. The number of nitrogens with one attached hydrogen (secondary N) is 1. The normalized spacial score (nSPS) is 18.9. The van der Waals surface area contributed by atoms with Gasteiger partial charge in [-0.1, -0.05) is 63.9 Å². The SMILES string of the molecule is CC.CCC(N)CCCCCc1ccc2c(c1)CCC(NC(=O)c1ccc(CCC3CCCO3)cc1)C2.S. The van der Waals surface area contributed by atoms with Crippen LogP contribution in [0, 0.1) is 0 Å². The quantitative estimate of drug-likeness (QED) is 0.283. The monoisotopic (exact) mass is 540 g/mol. The van der Waals surface area contributed by atoms with Gasteiger partial charge in [-0.05, 0) is 105 Å². The molecule has 4 rings (SSSR count). The Morgan fingerprint density at radius 2 is 1.76 bits per heavy atom. The fourth-order valence-corrected chi connectivity index (χ4v) is 5.49. The Bertz CT molecular complexity index is 941. The van der Waals surface area contributed by atoms with Gasteiger partial charge in [-0.3, -0.25) is 4.79 Å². The first-order valence-electron chi connectivity index (χ1n) is 15.0. The molecule has 0 aromatic heterocycles. The smallest absolute Gasteiger partial charge is 0.251 e. The van der Waals surface area contributed by atoms with Crippen LogP contribution in [0.1, 0.15) is 111 Å². The summed E-state index contributed by atoms with van der Waals surface area (Å²) in [6.45, 7) is 7.07. The van der Waals surface area contributed by atoms with Gasteiger partial charge in [-0.25, -0.2) is 0 Å². The fourth-order valence-electron chi connectivity index (χ4n) is 5.49. The zero-order valence-electron chi connectivity index (χ0n) is 24.1. The third-order valence-corrected chi connectivity index (χ3v) is 7.89. The van der Waals surface area contributed by atoms with Crippen LogP contribution in [0.15, 0.2) is 42.5 Å². The van der Waals surface area contributed by atoms with Gasteiger partial charge in [0.1, 0.15) is 0 Å².